The summed E-state index contributed by atoms with van der Waals surface area (Å²) in [4.78, 5) is 11.0. The van der Waals surface area contributed by atoms with Gasteiger partial charge in [-0.2, -0.15) is 0 Å². The van der Waals surface area contributed by atoms with Crippen molar-refractivity contribution < 1.29 is 18.4 Å². The fourth-order valence-corrected chi connectivity index (χ4v) is 3.46. The minimum atomic E-state index is -3.37. The summed E-state index contributed by atoms with van der Waals surface area (Å²) in [6, 6.07) is 0. The standard InChI is InChI=1S/C10H18BrO4P/c1-7(2)14-16(13,15-8(3)4)6-10(11)9(5)12/h6-8H,1-5H3/b10-6-. The Labute approximate surface area is 105 Å². The van der Waals surface area contributed by atoms with Crippen LogP contribution < -0.4 is 0 Å². The molecule has 0 fully saturated rings. The molecular formula is C10H18BrO4P. The smallest absolute Gasteiger partial charge is 0.303 e. The van der Waals surface area contributed by atoms with Gasteiger partial charge < -0.3 is 9.05 Å². The third kappa shape index (κ3) is 6.59. The van der Waals surface area contributed by atoms with Crippen LogP contribution in [-0.2, 0) is 18.4 Å². The lowest BCUT2D eigenvalue weighted by atomic mass is 10.5. The first-order valence-electron chi connectivity index (χ1n) is 5.02. The SMILES string of the molecule is CC(=O)/C(Br)=C/P(=O)(OC(C)C)OC(C)C. The number of carbonyl (C=O) groups is 1. The molecule has 0 saturated carbocycles. The highest BCUT2D eigenvalue weighted by Gasteiger charge is 2.26. The molecule has 4 nitrogen and oxygen atoms in total. The van der Waals surface area contributed by atoms with Crippen molar-refractivity contribution in [3.05, 3.63) is 10.3 Å². The maximum Gasteiger partial charge on any atom is 0.355 e. The molecule has 0 saturated heterocycles. The van der Waals surface area contributed by atoms with E-state index in [0.29, 0.717) is 0 Å². The van der Waals surface area contributed by atoms with E-state index >= 15 is 0 Å². The van der Waals surface area contributed by atoms with Crippen LogP contribution in [-0.4, -0.2) is 18.0 Å². The van der Waals surface area contributed by atoms with E-state index in [-0.39, 0.29) is 22.5 Å². The van der Waals surface area contributed by atoms with Crippen molar-refractivity contribution >= 4 is 29.3 Å². The monoisotopic (exact) mass is 312 g/mol. The Balaban J connectivity index is 5.01. The average molecular weight is 313 g/mol. The molecule has 0 rings (SSSR count). The van der Waals surface area contributed by atoms with Crippen molar-refractivity contribution in [1.29, 1.82) is 0 Å². The molecule has 0 aliphatic carbocycles. The minimum absolute atomic E-state index is 0.206. The lowest BCUT2D eigenvalue weighted by molar-refractivity contribution is -0.112. The highest BCUT2D eigenvalue weighted by molar-refractivity contribution is 9.12. The normalized spacial score (nSPS) is 13.6. The first-order chi connectivity index (χ1) is 7.16. The number of halogens is 1. The molecule has 0 aliphatic rings. The van der Waals surface area contributed by atoms with E-state index in [1.165, 1.54) is 12.7 Å². The lowest BCUT2D eigenvalue weighted by Crippen LogP contribution is -2.07. The topological polar surface area (TPSA) is 52.6 Å². The first-order valence-corrected chi connectivity index (χ1v) is 7.42. The fourth-order valence-electron chi connectivity index (χ4n) is 0.903. The molecule has 0 aromatic rings. The van der Waals surface area contributed by atoms with Crippen LogP contribution in [0.5, 0.6) is 0 Å². The van der Waals surface area contributed by atoms with E-state index in [0.717, 1.165) is 0 Å². The highest BCUT2D eigenvalue weighted by atomic mass is 79.9. The van der Waals surface area contributed by atoms with Gasteiger partial charge in [0.05, 0.1) is 16.7 Å². The Morgan fingerprint density at radius 3 is 1.81 bits per heavy atom. The van der Waals surface area contributed by atoms with Gasteiger partial charge in [-0.25, -0.2) is 0 Å². The molecule has 0 unspecified atom stereocenters. The van der Waals surface area contributed by atoms with Crippen LogP contribution in [0, 0.1) is 0 Å². The van der Waals surface area contributed by atoms with Gasteiger partial charge in [-0.1, -0.05) is 0 Å². The number of carbonyl (C=O) groups excluding carboxylic acids is 1. The van der Waals surface area contributed by atoms with Gasteiger partial charge in [-0.05, 0) is 50.5 Å². The Hall–Kier alpha value is 0.0400. The summed E-state index contributed by atoms with van der Waals surface area (Å²) in [5.41, 5.74) is 0. The van der Waals surface area contributed by atoms with Crippen LogP contribution in [0.15, 0.2) is 10.3 Å². The third-order valence-electron chi connectivity index (χ3n) is 1.32. The van der Waals surface area contributed by atoms with Crippen molar-refractivity contribution in [2.45, 2.75) is 46.8 Å². The molecule has 0 aromatic carbocycles. The largest absolute Gasteiger partial charge is 0.355 e. The number of Topliss-reactive ketones (excluding diaryl/α,β-unsaturated/α-hetero) is 1. The third-order valence-corrected chi connectivity index (χ3v) is 4.47. The number of hydrogen-bond donors (Lipinski definition) is 0. The lowest BCUT2D eigenvalue weighted by Gasteiger charge is -2.20. The van der Waals surface area contributed by atoms with Crippen molar-refractivity contribution in [3.8, 4) is 0 Å². The van der Waals surface area contributed by atoms with Gasteiger partial charge in [0, 0.05) is 5.82 Å². The first kappa shape index (κ1) is 16.0. The number of rotatable bonds is 6. The molecule has 0 radical (unpaired) electrons. The van der Waals surface area contributed by atoms with Crippen molar-refractivity contribution in [3.63, 3.8) is 0 Å². The Kier molecular flexibility index (Phi) is 6.71. The zero-order valence-electron chi connectivity index (χ0n) is 10.2. The van der Waals surface area contributed by atoms with Gasteiger partial charge in [-0.3, -0.25) is 9.36 Å². The molecule has 0 bridgehead atoms. The quantitative estimate of drug-likeness (QED) is 0.552. The number of ketones is 1. The molecule has 0 N–H and O–H groups in total. The highest BCUT2D eigenvalue weighted by Crippen LogP contribution is 2.53. The van der Waals surface area contributed by atoms with Crippen LogP contribution in [0.4, 0.5) is 0 Å². The van der Waals surface area contributed by atoms with E-state index in [1.54, 1.807) is 27.7 Å². The van der Waals surface area contributed by atoms with Crippen LogP contribution in [0.3, 0.4) is 0 Å². The van der Waals surface area contributed by atoms with Gasteiger partial charge in [0.1, 0.15) is 0 Å². The summed E-state index contributed by atoms with van der Waals surface area (Å²) < 4.78 is 22.9. The van der Waals surface area contributed by atoms with E-state index in [4.69, 9.17) is 9.05 Å². The minimum Gasteiger partial charge on any atom is -0.303 e. The molecule has 0 spiro atoms. The summed E-state index contributed by atoms with van der Waals surface area (Å²) in [5.74, 6) is 0.995. The zero-order chi connectivity index (χ0) is 12.9. The van der Waals surface area contributed by atoms with Gasteiger partial charge in [0.2, 0.25) is 0 Å². The molecule has 94 valence electrons. The van der Waals surface area contributed by atoms with Gasteiger partial charge in [0.15, 0.2) is 5.78 Å². The second-order valence-corrected chi connectivity index (χ2v) is 6.50. The summed E-state index contributed by atoms with van der Waals surface area (Å²) in [6.45, 7) is 8.39. The summed E-state index contributed by atoms with van der Waals surface area (Å²) in [5, 5.41) is 0. The fraction of sp³-hybridized carbons (Fsp3) is 0.700. The Morgan fingerprint density at radius 1 is 1.19 bits per heavy atom. The number of hydrogen-bond acceptors (Lipinski definition) is 4. The van der Waals surface area contributed by atoms with Crippen molar-refractivity contribution in [2.75, 3.05) is 0 Å². The summed E-state index contributed by atoms with van der Waals surface area (Å²) in [7, 11) is -3.37. The van der Waals surface area contributed by atoms with Crippen LogP contribution in [0.2, 0.25) is 0 Å². The van der Waals surface area contributed by atoms with Crippen LogP contribution >= 0.6 is 23.5 Å². The predicted octanol–water partition coefficient (Wildman–Crippen LogP) is 3.85. The van der Waals surface area contributed by atoms with Crippen LogP contribution in [0.25, 0.3) is 0 Å². The number of allylic oxidation sites excluding steroid dienone is 1. The summed E-state index contributed by atoms with van der Waals surface area (Å²) >= 11 is 3.04. The van der Waals surface area contributed by atoms with E-state index < -0.39 is 7.60 Å². The van der Waals surface area contributed by atoms with E-state index in [1.807, 2.05) is 0 Å². The summed E-state index contributed by atoms with van der Waals surface area (Å²) in [6.07, 6.45) is -0.485. The van der Waals surface area contributed by atoms with E-state index in [2.05, 4.69) is 15.9 Å². The average Bonchev–Trinajstić information content (AvgIpc) is 1.98. The zero-order valence-corrected chi connectivity index (χ0v) is 12.7. The van der Waals surface area contributed by atoms with Crippen LogP contribution in [0.1, 0.15) is 34.6 Å². The predicted molar refractivity (Wildman–Crippen MR) is 67.7 cm³/mol. The second kappa shape index (κ2) is 6.70. The maximum absolute atomic E-state index is 12.2. The van der Waals surface area contributed by atoms with Gasteiger partial charge >= 0.3 is 7.60 Å². The molecule has 16 heavy (non-hydrogen) atoms. The molecular weight excluding hydrogens is 295 g/mol. The van der Waals surface area contributed by atoms with E-state index in [9.17, 15) is 9.36 Å². The maximum atomic E-state index is 12.2. The molecule has 0 atom stereocenters. The molecule has 6 heteroatoms. The molecule has 0 amide bonds. The van der Waals surface area contributed by atoms with Gasteiger partial charge in [0.25, 0.3) is 0 Å². The molecule has 0 aromatic heterocycles. The molecule has 0 heterocycles. The molecule has 0 aliphatic heterocycles. The van der Waals surface area contributed by atoms with Crippen molar-refractivity contribution in [1.82, 2.24) is 0 Å². The van der Waals surface area contributed by atoms with Gasteiger partial charge in [-0.15, -0.1) is 0 Å². The second-order valence-electron chi connectivity index (χ2n) is 3.88. The Morgan fingerprint density at radius 2 is 1.56 bits per heavy atom. The Bertz CT molecular complexity index is 309. The van der Waals surface area contributed by atoms with Crippen molar-refractivity contribution in [2.24, 2.45) is 0 Å².